The summed E-state index contributed by atoms with van der Waals surface area (Å²) in [6.07, 6.45) is 0. The van der Waals surface area contributed by atoms with Gasteiger partial charge in [0.05, 0.1) is 6.61 Å². The van der Waals surface area contributed by atoms with Gasteiger partial charge in [-0.3, -0.25) is 23.7 Å². The second-order valence-electron chi connectivity index (χ2n) is 18.4. The summed E-state index contributed by atoms with van der Waals surface area (Å²) in [5, 5.41) is 1.85. The van der Waals surface area contributed by atoms with Crippen molar-refractivity contribution in [3.05, 3.63) is 260 Å². The van der Waals surface area contributed by atoms with Gasteiger partial charge >= 0.3 is 7.37 Å². The van der Waals surface area contributed by atoms with Crippen LogP contribution in [0.1, 0.15) is 98.4 Å². The maximum Gasteiger partial charge on any atom is 0.300 e. The third kappa shape index (κ3) is 12.0. The second kappa shape index (κ2) is 24.4. The van der Waals surface area contributed by atoms with Gasteiger partial charge in [-0.15, -0.1) is 0 Å². The largest absolute Gasteiger partial charge is 0.320 e. The zero-order chi connectivity index (χ0) is 54.0. The van der Waals surface area contributed by atoms with Crippen LogP contribution in [0.4, 0.5) is 0 Å². The summed E-state index contributed by atoms with van der Waals surface area (Å²) < 4.78 is 47.1. The van der Waals surface area contributed by atoms with Crippen molar-refractivity contribution in [3.63, 3.8) is 0 Å². The first-order valence-electron chi connectivity index (χ1n) is 24.3. The van der Waals surface area contributed by atoms with E-state index in [0.29, 0.717) is 38.2 Å². The molecule has 0 aliphatic carbocycles. The van der Waals surface area contributed by atoms with Crippen LogP contribution >= 0.6 is 21.7 Å². The Morgan fingerprint density at radius 3 is 0.932 bits per heavy atom. The lowest BCUT2D eigenvalue weighted by Crippen LogP contribution is -2.23. The fourth-order valence-corrected chi connectivity index (χ4v) is 16.6. The highest BCUT2D eigenvalue weighted by Crippen LogP contribution is 2.53. The molecule has 1 unspecified atom stereocenters. The molecule has 74 heavy (non-hydrogen) atoms. The number of carbonyl (C=O) groups excluding carboxylic acids is 4. The average molecular weight is 1040 g/mol. The molecular weight excluding hydrogens is 978 g/mol. The topological polar surface area (TPSA) is 129 Å². The molecule has 0 saturated carbocycles. The lowest BCUT2D eigenvalue weighted by molar-refractivity contribution is 0.103. The lowest BCUT2D eigenvalue weighted by Gasteiger charge is -2.21. The van der Waals surface area contributed by atoms with Gasteiger partial charge in [-0.05, 0) is 115 Å². The summed E-state index contributed by atoms with van der Waals surface area (Å²) in [6.45, 7) is 18.9. The maximum atomic E-state index is 14.5. The molecule has 8 nitrogen and oxygen atoms in total. The summed E-state index contributed by atoms with van der Waals surface area (Å²) in [5.74, 6) is 0. The molecule has 0 radical (unpaired) electrons. The molecule has 8 aromatic carbocycles. The maximum absolute atomic E-state index is 14.5. The Bertz CT molecular complexity index is 3300. The Morgan fingerprint density at radius 2 is 0.622 bits per heavy atom. The van der Waals surface area contributed by atoms with Crippen molar-refractivity contribution < 1.29 is 37.4 Å². The number of rotatable bonds is 14. The van der Waals surface area contributed by atoms with Crippen molar-refractivity contribution in [3.8, 4) is 0 Å². The number of hydrogen-bond donors (Lipinski definition) is 0. The van der Waals surface area contributed by atoms with Crippen LogP contribution in [0.5, 0.6) is 0 Å². The molecule has 0 bridgehead atoms. The van der Waals surface area contributed by atoms with Gasteiger partial charge in [0.1, 0.15) is 0 Å². The monoisotopic (exact) mass is 1040 g/mol. The number of hydrogen-bond acceptors (Lipinski definition) is 8. The van der Waals surface area contributed by atoms with Gasteiger partial charge in [0.2, 0.25) is 30.9 Å². The molecule has 8 aromatic rings. The van der Waals surface area contributed by atoms with Crippen molar-refractivity contribution >= 4 is 65.0 Å². The second-order valence-corrected chi connectivity index (χ2v) is 25.9. The molecule has 8 rings (SSSR count). The van der Waals surface area contributed by atoms with E-state index in [0.717, 1.165) is 50.1 Å². The number of aryl methyl sites for hydroxylation is 9. The standard InChI is InChI=1S/C26H27O3P.C19H15O2P.C18H21O3P/c1-16-12-18(3)23(19(4)13-16)25(27)30(29,22-10-8-7-9-11-22)26(28)24-20(5)14-17(2)15-21(24)6;20-19(16-10-4-1-5-11-16)22(21,17-12-6-2-7-13-17)18-14-8-3-9-15-18;1-5-21-22(20,16-9-7-6-8-10-16)18(19)17-14(3)11-13(2)12-15(17)4/h7-15H,1-6H3;1-15H;6-12H,5H2,1-4H3. The van der Waals surface area contributed by atoms with Gasteiger partial charge in [0.25, 0.3) is 5.52 Å². The first kappa shape index (κ1) is 56.4. The van der Waals surface area contributed by atoms with E-state index in [1.807, 2.05) is 147 Å². The van der Waals surface area contributed by atoms with E-state index in [2.05, 4.69) is 0 Å². The third-order valence-electron chi connectivity index (χ3n) is 12.6. The van der Waals surface area contributed by atoms with Gasteiger partial charge in [-0.1, -0.05) is 193 Å². The highest BCUT2D eigenvalue weighted by molar-refractivity contribution is 8.01. The third-order valence-corrected chi connectivity index (χ3v) is 20.4. The van der Waals surface area contributed by atoms with Gasteiger partial charge < -0.3 is 13.7 Å². The van der Waals surface area contributed by atoms with E-state index in [4.69, 9.17) is 4.52 Å². The molecule has 0 aliphatic heterocycles. The molecule has 0 spiro atoms. The van der Waals surface area contributed by atoms with Gasteiger partial charge in [0, 0.05) is 43.5 Å². The van der Waals surface area contributed by atoms with E-state index in [1.165, 1.54) is 0 Å². The minimum Gasteiger partial charge on any atom is -0.320 e. The minimum absolute atomic E-state index is 0.224. The normalized spacial score (nSPS) is 12.0. The molecule has 0 fully saturated rings. The molecule has 378 valence electrons. The molecule has 0 N–H and O–H groups in total. The molecule has 0 saturated heterocycles. The highest BCUT2D eigenvalue weighted by Gasteiger charge is 2.45. The zero-order valence-corrected chi connectivity index (χ0v) is 46.4. The van der Waals surface area contributed by atoms with E-state index >= 15 is 0 Å². The van der Waals surface area contributed by atoms with Crippen LogP contribution in [0, 0.1) is 62.3 Å². The van der Waals surface area contributed by atoms with Gasteiger partial charge in [-0.2, -0.15) is 0 Å². The SMILES string of the molecule is CCOP(=O)(C(=O)c1c(C)cc(C)cc1C)c1ccccc1.Cc1cc(C)c(C(=O)P(=O)(C(=O)c2c(C)cc(C)cc2C)c2ccccc2)c(C)c1.O=C(c1ccccc1)P(=O)(c1ccccc1)c1ccccc1. The smallest absolute Gasteiger partial charge is 0.300 e. The summed E-state index contributed by atoms with van der Waals surface area (Å²) in [7, 11) is -11.1. The van der Waals surface area contributed by atoms with Crippen LogP contribution in [-0.2, 0) is 18.2 Å². The molecule has 0 amide bonds. The van der Waals surface area contributed by atoms with Crippen molar-refractivity contribution in [2.24, 2.45) is 0 Å². The fraction of sp³-hybridized carbons (Fsp3) is 0.175. The minimum atomic E-state index is -4.11. The van der Waals surface area contributed by atoms with E-state index in [1.54, 1.807) is 110 Å². The molecule has 11 heteroatoms. The Labute approximate surface area is 436 Å². The quantitative estimate of drug-likeness (QED) is 0.0985. The summed E-state index contributed by atoms with van der Waals surface area (Å²) in [6, 6.07) is 55.4. The van der Waals surface area contributed by atoms with E-state index in [-0.39, 0.29) is 17.4 Å². The Morgan fingerprint density at radius 1 is 0.351 bits per heavy atom. The molecular formula is C63H63O8P3. The van der Waals surface area contributed by atoms with Crippen molar-refractivity contribution in [2.75, 3.05) is 6.61 Å². The zero-order valence-electron chi connectivity index (χ0n) is 43.7. The van der Waals surface area contributed by atoms with Crippen molar-refractivity contribution in [1.82, 2.24) is 0 Å². The molecule has 0 aromatic heterocycles. The van der Waals surface area contributed by atoms with Crippen molar-refractivity contribution in [2.45, 2.75) is 69.2 Å². The van der Waals surface area contributed by atoms with Crippen LogP contribution in [0.3, 0.4) is 0 Å². The van der Waals surface area contributed by atoms with Crippen LogP contribution in [0.25, 0.3) is 0 Å². The molecule has 0 aliphatic rings. The Hall–Kier alpha value is -6.91. The first-order valence-corrected chi connectivity index (χ1v) is 29.4. The lowest BCUT2D eigenvalue weighted by atomic mass is 10.0. The predicted molar refractivity (Wildman–Crippen MR) is 304 cm³/mol. The van der Waals surface area contributed by atoms with Gasteiger partial charge in [0.15, 0.2) is 0 Å². The Balaban J connectivity index is 0.000000184. The highest BCUT2D eigenvalue weighted by atomic mass is 31.2. The van der Waals surface area contributed by atoms with Crippen molar-refractivity contribution in [1.29, 1.82) is 0 Å². The summed E-state index contributed by atoms with van der Waals surface area (Å²) in [4.78, 5) is 53.7. The van der Waals surface area contributed by atoms with Crippen LogP contribution < -0.4 is 21.2 Å². The fourth-order valence-electron chi connectivity index (χ4n) is 9.46. The van der Waals surface area contributed by atoms with Gasteiger partial charge in [-0.25, -0.2) is 0 Å². The Kier molecular flexibility index (Phi) is 18.6. The average Bonchev–Trinajstić information content (AvgIpc) is 3.38. The van der Waals surface area contributed by atoms with Crippen LogP contribution in [0.2, 0.25) is 0 Å². The molecule has 1 atom stereocenters. The number of benzene rings is 8. The van der Waals surface area contributed by atoms with E-state index < -0.39 is 38.2 Å². The molecule has 0 heterocycles. The summed E-state index contributed by atoms with van der Waals surface area (Å²) >= 11 is 0. The van der Waals surface area contributed by atoms with Crippen LogP contribution in [0.15, 0.2) is 188 Å². The number of carbonyl (C=O) groups is 4. The van der Waals surface area contributed by atoms with E-state index in [9.17, 15) is 32.9 Å². The predicted octanol–water partition coefficient (Wildman–Crippen LogP) is 14.4. The van der Waals surface area contributed by atoms with Crippen LogP contribution in [-0.4, -0.2) is 28.7 Å². The first-order chi connectivity index (χ1) is 35.2. The summed E-state index contributed by atoms with van der Waals surface area (Å²) in [5.41, 5.74) is 7.53.